The van der Waals surface area contributed by atoms with Crippen LogP contribution >= 0.6 is 0 Å². The molecule has 2 atom stereocenters. The van der Waals surface area contributed by atoms with Crippen LogP contribution in [0.15, 0.2) is 0 Å². The Labute approximate surface area is 97.0 Å². The summed E-state index contributed by atoms with van der Waals surface area (Å²) in [6, 6.07) is 0.227. The van der Waals surface area contributed by atoms with E-state index >= 15 is 0 Å². The van der Waals surface area contributed by atoms with Gasteiger partial charge in [0, 0.05) is 25.6 Å². The van der Waals surface area contributed by atoms with E-state index in [1.165, 1.54) is 6.42 Å². The van der Waals surface area contributed by atoms with Gasteiger partial charge in [0.1, 0.15) is 0 Å². The normalized spacial score (nSPS) is 24.1. The van der Waals surface area contributed by atoms with Gasteiger partial charge in [0.2, 0.25) is 5.91 Å². The first-order valence-corrected chi connectivity index (χ1v) is 6.01. The zero-order valence-corrected chi connectivity index (χ0v) is 9.98. The Balaban J connectivity index is 2.37. The lowest BCUT2D eigenvalue weighted by molar-refractivity contribution is -0.122. The van der Waals surface area contributed by atoms with Crippen molar-refractivity contribution in [3.05, 3.63) is 0 Å². The first kappa shape index (κ1) is 13.4. The molecule has 1 heterocycles. The van der Waals surface area contributed by atoms with Crippen molar-refractivity contribution in [2.75, 3.05) is 19.7 Å². The lowest BCUT2D eigenvalue weighted by Gasteiger charge is -2.36. The summed E-state index contributed by atoms with van der Waals surface area (Å²) in [5.74, 6) is 5.53. The zero-order valence-electron chi connectivity index (χ0n) is 9.98. The number of rotatable bonds is 5. The molecule has 5 nitrogen and oxygen atoms in total. The number of amides is 1. The average Bonchev–Trinajstić information content (AvgIpc) is 2.29. The largest absolute Gasteiger partial charge is 0.396 e. The van der Waals surface area contributed by atoms with Crippen molar-refractivity contribution < 1.29 is 9.90 Å². The van der Waals surface area contributed by atoms with Gasteiger partial charge in [0.15, 0.2) is 0 Å². The number of nitrogens with two attached hydrogens (primary N) is 1. The minimum atomic E-state index is -0.114. The molecule has 0 aromatic heterocycles. The Morgan fingerprint density at radius 3 is 3.06 bits per heavy atom. The van der Waals surface area contributed by atoms with Crippen molar-refractivity contribution in [2.45, 2.75) is 38.6 Å². The van der Waals surface area contributed by atoms with E-state index in [0.717, 1.165) is 25.9 Å². The average molecular weight is 229 g/mol. The molecule has 0 aromatic carbocycles. The highest BCUT2D eigenvalue weighted by atomic mass is 16.3. The number of nitrogens with zero attached hydrogens (tertiary/aromatic N) is 1. The van der Waals surface area contributed by atoms with Crippen LogP contribution in [-0.4, -0.2) is 41.7 Å². The topological polar surface area (TPSA) is 78.6 Å². The number of hydrogen-bond acceptors (Lipinski definition) is 4. The summed E-state index contributed by atoms with van der Waals surface area (Å²) in [7, 11) is 0. The summed E-state index contributed by atoms with van der Waals surface area (Å²) in [5.41, 5.74) is 2.17. The predicted octanol–water partition coefficient (Wildman–Crippen LogP) is -0.151. The number of hydrazine groups is 1. The van der Waals surface area contributed by atoms with Gasteiger partial charge in [-0.2, -0.15) is 0 Å². The second-order valence-corrected chi connectivity index (χ2v) is 4.64. The summed E-state index contributed by atoms with van der Waals surface area (Å²) in [5, 5.41) is 8.93. The Morgan fingerprint density at radius 2 is 2.44 bits per heavy atom. The van der Waals surface area contributed by atoms with Gasteiger partial charge in [0.05, 0.1) is 0 Å². The molecule has 1 saturated heterocycles. The smallest absolute Gasteiger partial charge is 0.235 e. The molecule has 4 N–H and O–H groups in total. The first-order chi connectivity index (χ1) is 7.67. The number of carbonyl (C=O) groups is 1. The molecule has 1 rings (SSSR count). The Hall–Kier alpha value is -0.650. The fourth-order valence-electron chi connectivity index (χ4n) is 2.37. The molecule has 1 aliphatic rings. The van der Waals surface area contributed by atoms with Crippen molar-refractivity contribution in [3.63, 3.8) is 0 Å². The minimum absolute atomic E-state index is 0.114. The summed E-state index contributed by atoms with van der Waals surface area (Å²) < 4.78 is 0. The van der Waals surface area contributed by atoms with E-state index in [4.69, 9.17) is 10.9 Å². The number of piperidine rings is 1. The zero-order chi connectivity index (χ0) is 12.0. The van der Waals surface area contributed by atoms with Crippen molar-refractivity contribution in [1.29, 1.82) is 0 Å². The van der Waals surface area contributed by atoms with Crippen LogP contribution in [0.4, 0.5) is 0 Å². The van der Waals surface area contributed by atoms with E-state index in [1.54, 1.807) is 0 Å². The third-order valence-corrected chi connectivity index (χ3v) is 3.35. The quantitative estimate of drug-likeness (QED) is 0.348. The third-order valence-electron chi connectivity index (χ3n) is 3.35. The summed E-state index contributed by atoms with van der Waals surface area (Å²) in [6.07, 6.45) is 3.65. The number of carbonyl (C=O) groups excluding carboxylic acids is 1. The molecule has 2 unspecified atom stereocenters. The van der Waals surface area contributed by atoms with Crippen molar-refractivity contribution in [2.24, 2.45) is 11.8 Å². The molecule has 0 radical (unpaired) electrons. The predicted molar refractivity (Wildman–Crippen MR) is 62.4 cm³/mol. The molecular formula is C11H23N3O2. The Bertz CT molecular complexity index is 221. The standard InChI is InChI=1S/C11H23N3O2/c1-9(7-11(16)13-12)14-5-2-3-10(8-14)4-6-15/h9-10,15H,2-8,12H2,1H3,(H,13,16). The molecule has 94 valence electrons. The maximum absolute atomic E-state index is 11.2. The molecule has 0 spiro atoms. The van der Waals surface area contributed by atoms with E-state index in [1.807, 2.05) is 0 Å². The second-order valence-electron chi connectivity index (χ2n) is 4.64. The molecule has 0 saturated carbocycles. The molecule has 1 amide bonds. The lowest BCUT2D eigenvalue weighted by Crippen LogP contribution is -2.44. The van der Waals surface area contributed by atoms with Gasteiger partial charge in [-0.25, -0.2) is 5.84 Å². The molecule has 1 fully saturated rings. The first-order valence-electron chi connectivity index (χ1n) is 6.01. The van der Waals surface area contributed by atoms with Gasteiger partial charge in [-0.3, -0.25) is 15.1 Å². The molecule has 0 aromatic rings. The number of likely N-dealkylation sites (tertiary alicyclic amines) is 1. The van der Waals surface area contributed by atoms with Crippen LogP contribution in [0.25, 0.3) is 0 Å². The van der Waals surface area contributed by atoms with E-state index in [2.05, 4.69) is 17.2 Å². The highest BCUT2D eigenvalue weighted by Gasteiger charge is 2.24. The van der Waals surface area contributed by atoms with Crippen LogP contribution in [0.5, 0.6) is 0 Å². The van der Waals surface area contributed by atoms with Gasteiger partial charge in [-0.05, 0) is 38.6 Å². The third kappa shape index (κ3) is 4.08. The Morgan fingerprint density at radius 1 is 1.69 bits per heavy atom. The Kier molecular flexibility index (Phi) is 5.73. The van der Waals surface area contributed by atoms with E-state index in [0.29, 0.717) is 12.3 Å². The highest BCUT2D eigenvalue weighted by molar-refractivity contribution is 5.75. The van der Waals surface area contributed by atoms with Crippen LogP contribution in [-0.2, 0) is 4.79 Å². The van der Waals surface area contributed by atoms with Gasteiger partial charge in [-0.15, -0.1) is 0 Å². The maximum Gasteiger partial charge on any atom is 0.235 e. The lowest BCUT2D eigenvalue weighted by atomic mass is 9.94. The number of nitrogens with one attached hydrogen (secondary N) is 1. The monoisotopic (exact) mass is 229 g/mol. The van der Waals surface area contributed by atoms with Crippen molar-refractivity contribution in [1.82, 2.24) is 10.3 Å². The fourth-order valence-corrected chi connectivity index (χ4v) is 2.37. The van der Waals surface area contributed by atoms with Crippen molar-refractivity contribution >= 4 is 5.91 Å². The number of aliphatic hydroxyl groups is 1. The molecule has 16 heavy (non-hydrogen) atoms. The van der Waals surface area contributed by atoms with E-state index in [-0.39, 0.29) is 18.6 Å². The summed E-state index contributed by atoms with van der Waals surface area (Å²) in [4.78, 5) is 13.5. The van der Waals surface area contributed by atoms with Crippen LogP contribution in [0.1, 0.15) is 32.6 Å². The van der Waals surface area contributed by atoms with Gasteiger partial charge < -0.3 is 5.11 Å². The van der Waals surface area contributed by atoms with Gasteiger partial charge >= 0.3 is 0 Å². The molecule has 5 heteroatoms. The fraction of sp³-hybridized carbons (Fsp3) is 0.909. The molecule has 0 bridgehead atoms. The SMILES string of the molecule is CC(CC(=O)NN)N1CCCC(CCO)C1. The molecular weight excluding hydrogens is 206 g/mol. The maximum atomic E-state index is 11.2. The molecule has 0 aliphatic carbocycles. The summed E-state index contributed by atoms with van der Waals surface area (Å²) >= 11 is 0. The minimum Gasteiger partial charge on any atom is -0.396 e. The second kappa shape index (κ2) is 6.83. The van der Waals surface area contributed by atoms with Gasteiger partial charge in [0.25, 0.3) is 0 Å². The summed E-state index contributed by atoms with van der Waals surface area (Å²) in [6.45, 7) is 4.34. The highest BCUT2D eigenvalue weighted by Crippen LogP contribution is 2.21. The van der Waals surface area contributed by atoms with Crippen molar-refractivity contribution in [3.8, 4) is 0 Å². The number of aliphatic hydroxyl groups excluding tert-OH is 1. The van der Waals surface area contributed by atoms with Crippen LogP contribution in [0.2, 0.25) is 0 Å². The van der Waals surface area contributed by atoms with E-state index in [9.17, 15) is 4.79 Å². The van der Waals surface area contributed by atoms with Crippen LogP contribution in [0.3, 0.4) is 0 Å². The van der Waals surface area contributed by atoms with Crippen LogP contribution < -0.4 is 11.3 Å². The van der Waals surface area contributed by atoms with Crippen LogP contribution in [0, 0.1) is 5.92 Å². The van der Waals surface area contributed by atoms with Gasteiger partial charge in [-0.1, -0.05) is 0 Å². The molecule has 1 aliphatic heterocycles. The van der Waals surface area contributed by atoms with E-state index < -0.39 is 0 Å². The number of hydrogen-bond donors (Lipinski definition) is 3.